The van der Waals surface area contributed by atoms with Crippen LogP contribution in [-0.2, 0) is 4.79 Å². The van der Waals surface area contributed by atoms with Gasteiger partial charge in [0.15, 0.2) is 0 Å². The number of carbonyl (C=O) groups is 2. The van der Waals surface area contributed by atoms with Crippen molar-refractivity contribution in [2.45, 2.75) is 12.2 Å². The number of rotatable bonds is 1. The molecule has 0 aromatic heterocycles. The van der Waals surface area contributed by atoms with Crippen LogP contribution < -0.4 is 5.73 Å². The normalized spacial score (nSPS) is 14.9. The Morgan fingerprint density at radius 3 is 2.00 bits per heavy atom. The maximum absolute atomic E-state index is 11.6. The van der Waals surface area contributed by atoms with Crippen LogP contribution in [0, 0.1) is 0 Å². The molecule has 110 valence electrons. The van der Waals surface area contributed by atoms with E-state index in [-0.39, 0.29) is 11.9 Å². The van der Waals surface area contributed by atoms with Gasteiger partial charge in [0.25, 0.3) is 5.91 Å². The van der Waals surface area contributed by atoms with Crippen molar-refractivity contribution in [3.8, 4) is 0 Å². The highest BCUT2D eigenvalue weighted by Gasteiger charge is 2.38. The van der Waals surface area contributed by atoms with E-state index in [2.05, 4.69) is 0 Å². The Balaban J connectivity index is 0.000000246. The lowest BCUT2D eigenvalue weighted by Gasteiger charge is -2.36. The fraction of sp³-hybridized carbons (Fsp3) is 0.333. The van der Waals surface area contributed by atoms with E-state index >= 15 is 0 Å². The van der Waals surface area contributed by atoms with E-state index in [0.717, 1.165) is 5.56 Å². The minimum Gasteiger partial charge on any atom is -0.475 e. The highest BCUT2D eigenvalue weighted by atomic mass is 19.4. The van der Waals surface area contributed by atoms with Crippen molar-refractivity contribution in [2.24, 2.45) is 5.73 Å². The minimum atomic E-state index is -5.08. The third-order valence-corrected chi connectivity index (χ3v) is 2.46. The van der Waals surface area contributed by atoms with Crippen molar-refractivity contribution in [3.05, 3.63) is 35.9 Å². The Morgan fingerprint density at radius 1 is 1.20 bits per heavy atom. The maximum Gasteiger partial charge on any atom is 0.490 e. The van der Waals surface area contributed by atoms with Crippen LogP contribution in [0.5, 0.6) is 0 Å². The second-order valence-electron chi connectivity index (χ2n) is 4.14. The van der Waals surface area contributed by atoms with Gasteiger partial charge in [0, 0.05) is 24.7 Å². The van der Waals surface area contributed by atoms with Gasteiger partial charge in [-0.3, -0.25) is 4.79 Å². The molecule has 1 amide bonds. The molecule has 1 aromatic rings. The number of nitrogens with two attached hydrogens (primary N) is 1. The van der Waals surface area contributed by atoms with Gasteiger partial charge in [-0.05, 0) is 12.1 Å². The van der Waals surface area contributed by atoms with Crippen LogP contribution in [0.2, 0.25) is 0 Å². The first-order valence-electron chi connectivity index (χ1n) is 5.62. The van der Waals surface area contributed by atoms with Crippen molar-refractivity contribution >= 4 is 11.9 Å². The molecule has 1 heterocycles. The molecule has 0 bridgehead atoms. The lowest BCUT2D eigenvalue weighted by atomic mass is 10.1. The van der Waals surface area contributed by atoms with Crippen LogP contribution in [0.4, 0.5) is 13.2 Å². The molecule has 2 rings (SSSR count). The Bertz CT molecular complexity index is 471. The molecule has 20 heavy (non-hydrogen) atoms. The summed E-state index contributed by atoms with van der Waals surface area (Å²) in [5, 5.41) is 7.12. The maximum atomic E-state index is 11.6. The van der Waals surface area contributed by atoms with Gasteiger partial charge in [-0.2, -0.15) is 13.2 Å². The first-order valence-corrected chi connectivity index (χ1v) is 5.62. The van der Waals surface area contributed by atoms with Gasteiger partial charge in [0.1, 0.15) is 0 Å². The summed E-state index contributed by atoms with van der Waals surface area (Å²) in [5.74, 6) is -2.67. The Hall–Kier alpha value is -2.09. The second-order valence-corrected chi connectivity index (χ2v) is 4.14. The van der Waals surface area contributed by atoms with Gasteiger partial charge in [-0.15, -0.1) is 0 Å². The van der Waals surface area contributed by atoms with Crippen molar-refractivity contribution in [2.75, 3.05) is 13.1 Å². The summed E-state index contributed by atoms with van der Waals surface area (Å²) in [6.07, 6.45) is -5.08. The first-order chi connectivity index (χ1) is 9.21. The summed E-state index contributed by atoms with van der Waals surface area (Å²) in [5.41, 5.74) is 6.34. The van der Waals surface area contributed by atoms with E-state index in [0.29, 0.717) is 13.1 Å². The lowest BCUT2D eigenvalue weighted by Crippen LogP contribution is -2.57. The number of aliphatic carboxylic acids is 1. The third kappa shape index (κ3) is 4.54. The van der Waals surface area contributed by atoms with Crippen molar-refractivity contribution < 1.29 is 27.9 Å². The number of hydrogen-bond donors (Lipinski definition) is 2. The monoisotopic (exact) mass is 290 g/mol. The average Bonchev–Trinajstić information content (AvgIpc) is 2.35. The molecule has 0 spiro atoms. The number of carboxylic acids is 1. The molecule has 5 nitrogen and oxygen atoms in total. The molecule has 8 heteroatoms. The molecule has 0 saturated carbocycles. The van der Waals surface area contributed by atoms with E-state index in [1.165, 1.54) is 0 Å². The molecule has 1 fully saturated rings. The second kappa shape index (κ2) is 6.38. The van der Waals surface area contributed by atoms with Gasteiger partial charge in [-0.25, -0.2) is 4.79 Å². The molecular weight excluding hydrogens is 277 g/mol. The zero-order valence-electron chi connectivity index (χ0n) is 10.3. The standard InChI is InChI=1S/C10H12N2O.C2HF3O2/c11-9-6-12(7-9)10(13)8-4-2-1-3-5-8;3-2(4,5)1(6)7/h1-5,9H,6-7,11H2;(H,6,7). The van der Waals surface area contributed by atoms with E-state index < -0.39 is 12.1 Å². The number of benzene rings is 1. The summed E-state index contributed by atoms with van der Waals surface area (Å²) >= 11 is 0. The van der Waals surface area contributed by atoms with Crippen LogP contribution in [0.1, 0.15) is 10.4 Å². The quantitative estimate of drug-likeness (QED) is 0.811. The Labute approximate surface area is 112 Å². The molecule has 0 radical (unpaired) electrons. The number of hydrogen-bond acceptors (Lipinski definition) is 3. The van der Waals surface area contributed by atoms with Crippen LogP contribution in [0.15, 0.2) is 30.3 Å². The number of carbonyl (C=O) groups excluding carboxylic acids is 1. The van der Waals surface area contributed by atoms with Crippen molar-refractivity contribution in [3.63, 3.8) is 0 Å². The van der Waals surface area contributed by atoms with Gasteiger partial charge in [-0.1, -0.05) is 18.2 Å². The summed E-state index contributed by atoms with van der Waals surface area (Å²) < 4.78 is 31.7. The average molecular weight is 290 g/mol. The topological polar surface area (TPSA) is 83.6 Å². The number of carboxylic acid groups (broad SMARTS) is 1. The molecule has 0 unspecified atom stereocenters. The number of amides is 1. The predicted octanol–water partition coefficient (Wildman–Crippen LogP) is 1.10. The Morgan fingerprint density at radius 2 is 1.65 bits per heavy atom. The molecule has 0 atom stereocenters. The fourth-order valence-corrected chi connectivity index (χ4v) is 1.44. The summed E-state index contributed by atoms with van der Waals surface area (Å²) in [7, 11) is 0. The lowest BCUT2D eigenvalue weighted by molar-refractivity contribution is -0.192. The Kier molecular flexibility index (Phi) is 5.09. The van der Waals surface area contributed by atoms with Crippen molar-refractivity contribution in [1.29, 1.82) is 0 Å². The first kappa shape index (κ1) is 16.0. The molecule has 1 saturated heterocycles. The summed E-state index contributed by atoms with van der Waals surface area (Å²) in [6, 6.07) is 9.46. The van der Waals surface area contributed by atoms with Gasteiger partial charge in [0.2, 0.25) is 0 Å². The molecular formula is C12H13F3N2O3. The molecule has 1 aliphatic rings. The highest BCUT2D eigenvalue weighted by Crippen LogP contribution is 2.13. The molecule has 0 aliphatic carbocycles. The van der Waals surface area contributed by atoms with Crippen LogP contribution >= 0.6 is 0 Å². The summed E-state index contributed by atoms with van der Waals surface area (Å²) in [4.78, 5) is 22.3. The van der Waals surface area contributed by atoms with E-state index in [9.17, 15) is 18.0 Å². The third-order valence-electron chi connectivity index (χ3n) is 2.46. The number of halogens is 3. The minimum absolute atomic E-state index is 0.0855. The fourth-order valence-electron chi connectivity index (χ4n) is 1.44. The van der Waals surface area contributed by atoms with E-state index in [1.807, 2.05) is 30.3 Å². The number of alkyl halides is 3. The summed E-state index contributed by atoms with van der Waals surface area (Å²) in [6.45, 7) is 1.38. The molecule has 3 N–H and O–H groups in total. The van der Waals surface area contributed by atoms with E-state index in [4.69, 9.17) is 15.6 Å². The zero-order valence-corrected chi connectivity index (χ0v) is 10.3. The molecule has 1 aliphatic heterocycles. The van der Waals surface area contributed by atoms with Crippen LogP contribution in [0.3, 0.4) is 0 Å². The number of nitrogens with zero attached hydrogens (tertiary/aromatic N) is 1. The smallest absolute Gasteiger partial charge is 0.475 e. The highest BCUT2D eigenvalue weighted by molar-refractivity contribution is 5.94. The SMILES string of the molecule is NC1CN(C(=O)c2ccccc2)C1.O=C(O)C(F)(F)F. The zero-order chi connectivity index (χ0) is 15.3. The largest absolute Gasteiger partial charge is 0.490 e. The number of likely N-dealkylation sites (tertiary alicyclic amines) is 1. The van der Waals surface area contributed by atoms with Gasteiger partial charge >= 0.3 is 12.1 Å². The van der Waals surface area contributed by atoms with E-state index in [1.54, 1.807) is 4.90 Å². The predicted molar refractivity (Wildman–Crippen MR) is 64.0 cm³/mol. The molecule has 1 aromatic carbocycles. The van der Waals surface area contributed by atoms with Crippen LogP contribution in [0.25, 0.3) is 0 Å². The van der Waals surface area contributed by atoms with Gasteiger partial charge < -0.3 is 15.7 Å². The van der Waals surface area contributed by atoms with Crippen molar-refractivity contribution in [1.82, 2.24) is 4.90 Å². The van der Waals surface area contributed by atoms with Gasteiger partial charge in [0.05, 0.1) is 0 Å². The van der Waals surface area contributed by atoms with Crippen LogP contribution in [-0.4, -0.2) is 47.2 Å².